The summed E-state index contributed by atoms with van der Waals surface area (Å²) in [4.78, 5) is 3.46. The van der Waals surface area contributed by atoms with Crippen LogP contribution in [0, 0.1) is 13.8 Å². The second-order valence-electron chi connectivity index (χ2n) is 4.01. The lowest BCUT2D eigenvalue weighted by atomic mass is 10.1. The largest absolute Gasteiger partial charge is 0.358 e. The molecule has 15 heavy (non-hydrogen) atoms. The van der Waals surface area contributed by atoms with Crippen molar-refractivity contribution in [3.05, 3.63) is 35.0 Å². The van der Waals surface area contributed by atoms with Gasteiger partial charge in [-0.05, 0) is 31.5 Å². The molecular weight excluding hydrogens is 184 g/mol. The van der Waals surface area contributed by atoms with Crippen molar-refractivity contribution in [1.29, 1.82) is 0 Å². The van der Waals surface area contributed by atoms with E-state index in [2.05, 4.69) is 49.3 Å². The first-order valence-electron chi connectivity index (χ1n) is 5.51. The highest BCUT2D eigenvalue weighted by molar-refractivity contribution is 5.87. The highest BCUT2D eigenvalue weighted by Gasteiger charge is 2.08. The van der Waals surface area contributed by atoms with E-state index >= 15 is 0 Å². The Balaban J connectivity index is 2.53. The number of benzene rings is 1. The van der Waals surface area contributed by atoms with E-state index in [1.807, 2.05) is 0 Å². The Hall–Kier alpha value is -1.28. The monoisotopic (exact) mass is 202 g/mol. The maximum atomic E-state index is 3.46. The molecular formula is C13H18N2. The van der Waals surface area contributed by atoms with Gasteiger partial charge in [0.2, 0.25) is 0 Å². The van der Waals surface area contributed by atoms with Gasteiger partial charge < -0.3 is 10.3 Å². The van der Waals surface area contributed by atoms with Gasteiger partial charge in [-0.25, -0.2) is 0 Å². The minimum atomic E-state index is 0.950. The number of hydrogen-bond donors (Lipinski definition) is 2. The van der Waals surface area contributed by atoms with Gasteiger partial charge in [0, 0.05) is 23.1 Å². The fourth-order valence-electron chi connectivity index (χ4n) is 2.03. The molecule has 0 aliphatic rings. The summed E-state index contributed by atoms with van der Waals surface area (Å²) in [5, 5.41) is 4.74. The third kappa shape index (κ3) is 1.77. The first-order chi connectivity index (χ1) is 7.24. The lowest BCUT2D eigenvalue weighted by Crippen LogP contribution is -2.12. The molecule has 0 amide bonds. The van der Waals surface area contributed by atoms with Crippen molar-refractivity contribution in [3.8, 4) is 0 Å². The molecule has 2 aromatic rings. The van der Waals surface area contributed by atoms with E-state index in [0.717, 1.165) is 13.1 Å². The van der Waals surface area contributed by atoms with E-state index in [-0.39, 0.29) is 0 Å². The first kappa shape index (κ1) is 10.2. The van der Waals surface area contributed by atoms with Crippen LogP contribution in [0.25, 0.3) is 10.9 Å². The zero-order valence-corrected chi connectivity index (χ0v) is 9.65. The van der Waals surface area contributed by atoms with Gasteiger partial charge >= 0.3 is 0 Å². The van der Waals surface area contributed by atoms with Gasteiger partial charge in [-0.15, -0.1) is 0 Å². The lowest BCUT2D eigenvalue weighted by Gasteiger charge is -2.02. The number of hydrogen-bond acceptors (Lipinski definition) is 1. The summed E-state index contributed by atoms with van der Waals surface area (Å²) in [6, 6.07) is 6.47. The lowest BCUT2D eigenvalue weighted by molar-refractivity contribution is 0.727. The molecule has 2 nitrogen and oxygen atoms in total. The van der Waals surface area contributed by atoms with Crippen LogP contribution in [0.15, 0.2) is 18.2 Å². The van der Waals surface area contributed by atoms with Crippen LogP contribution in [-0.2, 0) is 6.54 Å². The molecule has 0 bridgehead atoms. The Bertz CT molecular complexity index is 469. The summed E-state index contributed by atoms with van der Waals surface area (Å²) in [5.41, 5.74) is 5.28. The summed E-state index contributed by atoms with van der Waals surface area (Å²) >= 11 is 0. The maximum Gasteiger partial charge on any atom is 0.0489 e. The number of aromatic amines is 1. The molecule has 2 rings (SSSR count). The topological polar surface area (TPSA) is 27.8 Å². The summed E-state index contributed by atoms with van der Waals surface area (Å²) in [7, 11) is 0. The molecule has 0 radical (unpaired) electrons. The minimum absolute atomic E-state index is 0.950. The van der Waals surface area contributed by atoms with Crippen molar-refractivity contribution in [3.63, 3.8) is 0 Å². The fraction of sp³-hybridized carbons (Fsp3) is 0.385. The summed E-state index contributed by atoms with van der Waals surface area (Å²) in [6.07, 6.45) is 0. The van der Waals surface area contributed by atoms with E-state index < -0.39 is 0 Å². The van der Waals surface area contributed by atoms with Crippen LogP contribution in [0.2, 0.25) is 0 Å². The van der Waals surface area contributed by atoms with E-state index in [4.69, 9.17) is 0 Å². The van der Waals surface area contributed by atoms with Gasteiger partial charge in [-0.2, -0.15) is 0 Å². The van der Waals surface area contributed by atoms with Gasteiger partial charge in [0.05, 0.1) is 0 Å². The van der Waals surface area contributed by atoms with Gasteiger partial charge in [0.25, 0.3) is 0 Å². The smallest absolute Gasteiger partial charge is 0.0489 e. The molecule has 1 aromatic heterocycles. The highest BCUT2D eigenvalue weighted by Crippen LogP contribution is 2.24. The molecule has 0 aliphatic carbocycles. The van der Waals surface area contributed by atoms with Crippen molar-refractivity contribution in [2.24, 2.45) is 0 Å². The third-order valence-electron chi connectivity index (χ3n) is 2.91. The third-order valence-corrected chi connectivity index (χ3v) is 2.91. The molecule has 80 valence electrons. The van der Waals surface area contributed by atoms with Crippen LogP contribution in [0.4, 0.5) is 0 Å². The Morgan fingerprint density at radius 1 is 1.27 bits per heavy atom. The molecule has 1 aromatic carbocycles. The molecule has 0 saturated heterocycles. The standard InChI is InChI=1S/C13H18N2/c1-4-14-8-12-10(3)15-13-9(2)6-5-7-11(12)13/h5-7,14-15H,4,8H2,1-3H3. The maximum absolute atomic E-state index is 3.46. The molecule has 0 aliphatic heterocycles. The zero-order chi connectivity index (χ0) is 10.8. The van der Waals surface area contributed by atoms with Crippen LogP contribution in [-0.4, -0.2) is 11.5 Å². The first-order valence-corrected chi connectivity index (χ1v) is 5.51. The number of H-pyrrole nitrogens is 1. The second-order valence-corrected chi connectivity index (χ2v) is 4.01. The van der Waals surface area contributed by atoms with E-state index in [9.17, 15) is 0 Å². The predicted molar refractivity (Wildman–Crippen MR) is 65.2 cm³/mol. The summed E-state index contributed by atoms with van der Waals surface area (Å²) in [6.45, 7) is 8.39. The van der Waals surface area contributed by atoms with E-state index in [0.29, 0.717) is 0 Å². The average Bonchev–Trinajstić information content (AvgIpc) is 2.54. The number of para-hydroxylation sites is 1. The van der Waals surface area contributed by atoms with Crippen molar-refractivity contribution in [2.45, 2.75) is 27.3 Å². The normalized spacial score (nSPS) is 11.1. The Labute approximate surface area is 90.7 Å². The summed E-state index contributed by atoms with van der Waals surface area (Å²) < 4.78 is 0. The number of aromatic nitrogens is 1. The molecule has 0 unspecified atom stereocenters. The van der Waals surface area contributed by atoms with E-state index in [1.165, 1.54) is 27.7 Å². The SMILES string of the molecule is CCNCc1c(C)[nH]c2c(C)cccc12. The Morgan fingerprint density at radius 2 is 2.07 bits per heavy atom. The second kappa shape index (κ2) is 4.07. The molecule has 0 spiro atoms. The summed E-state index contributed by atoms with van der Waals surface area (Å²) in [5.74, 6) is 0. The fourth-order valence-corrected chi connectivity index (χ4v) is 2.03. The number of nitrogens with one attached hydrogen (secondary N) is 2. The zero-order valence-electron chi connectivity index (χ0n) is 9.65. The number of rotatable bonds is 3. The Morgan fingerprint density at radius 3 is 2.80 bits per heavy atom. The van der Waals surface area contributed by atoms with Crippen LogP contribution in [0.5, 0.6) is 0 Å². The van der Waals surface area contributed by atoms with Gasteiger partial charge in [0.1, 0.15) is 0 Å². The van der Waals surface area contributed by atoms with Crippen molar-refractivity contribution in [2.75, 3.05) is 6.54 Å². The molecule has 2 N–H and O–H groups in total. The molecule has 0 saturated carbocycles. The predicted octanol–water partition coefficient (Wildman–Crippen LogP) is 2.89. The van der Waals surface area contributed by atoms with Gasteiger partial charge in [-0.1, -0.05) is 25.1 Å². The highest BCUT2D eigenvalue weighted by atomic mass is 14.9. The Kier molecular flexibility index (Phi) is 2.78. The van der Waals surface area contributed by atoms with Crippen molar-refractivity contribution >= 4 is 10.9 Å². The van der Waals surface area contributed by atoms with Gasteiger partial charge in [0.15, 0.2) is 0 Å². The number of fused-ring (bicyclic) bond motifs is 1. The molecule has 2 heteroatoms. The minimum Gasteiger partial charge on any atom is -0.358 e. The van der Waals surface area contributed by atoms with Crippen LogP contribution in [0.1, 0.15) is 23.7 Å². The molecule has 1 heterocycles. The van der Waals surface area contributed by atoms with Gasteiger partial charge in [-0.3, -0.25) is 0 Å². The average molecular weight is 202 g/mol. The van der Waals surface area contributed by atoms with Crippen molar-refractivity contribution in [1.82, 2.24) is 10.3 Å². The van der Waals surface area contributed by atoms with Crippen LogP contribution >= 0.6 is 0 Å². The van der Waals surface area contributed by atoms with Crippen LogP contribution in [0.3, 0.4) is 0 Å². The van der Waals surface area contributed by atoms with E-state index in [1.54, 1.807) is 0 Å². The van der Waals surface area contributed by atoms with Crippen molar-refractivity contribution < 1.29 is 0 Å². The molecule has 0 atom stereocenters. The number of aryl methyl sites for hydroxylation is 2. The quantitative estimate of drug-likeness (QED) is 0.787. The molecule has 0 fully saturated rings. The van der Waals surface area contributed by atoms with Crippen LogP contribution < -0.4 is 5.32 Å².